The molecular formula is C27H48. The molecule has 0 aliphatic carbocycles. The lowest BCUT2D eigenvalue weighted by Gasteiger charge is -2.17. The van der Waals surface area contributed by atoms with Gasteiger partial charge in [0.2, 0.25) is 0 Å². The van der Waals surface area contributed by atoms with E-state index in [0.717, 1.165) is 5.92 Å². The molecule has 0 nitrogen and oxygen atoms in total. The van der Waals surface area contributed by atoms with Crippen molar-refractivity contribution in [1.82, 2.24) is 0 Å². The summed E-state index contributed by atoms with van der Waals surface area (Å²) >= 11 is 0. The van der Waals surface area contributed by atoms with Gasteiger partial charge in [0, 0.05) is 0 Å². The summed E-state index contributed by atoms with van der Waals surface area (Å²) in [7, 11) is 0. The molecule has 1 rings (SSSR count). The van der Waals surface area contributed by atoms with E-state index in [1.807, 2.05) is 0 Å². The van der Waals surface area contributed by atoms with Crippen LogP contribution in [0.25, 0.3) is 0 Å². The maximum atomic E-state index is 2.36. The Kier molecular flexibility index (Phi) is 16.7. The van der Waals surface area contributed by atoms with Crippen molar-refractivity contribution in [2.24, 2.45) is 0 Å². The standard InChI is InChI=1S/C27H48/c1-3-5-7-9-11-13-15-18-22-26(27-24-20-17-21-25-27)23-19-16-14-12-10-8-6-4-2/h17,20-21,24-26H,3-16,18-19,22-23H2,1-2H3. The molecule has 0 spiro atoms. The van der Waals surface area contributed by atoms with Crippen molar-refractivity contribution in [1.29, 1.82) is 0 Å². The largest absolute Gasteiger partial charge is 0.0654 e. The SMILES string of the molecule is CCCCCCCCCCC(CCCCCCCCCC)c1ccccc1. The van der Waals surface area contributed by atoms with Gasteiger partial charge in [0.25, 0.3) is 0 Å². The van der Waals surface area contributed by atoms with Crippen LogP contribution in [-0.2, 0) is 0 Å². The summed E-state index contributed by atoms with van der Waals surface area (Å²) in [6.45, 7) is 4.60. The van der Waals surface area contributed by atoms with Gasteiger partial charge in [-0.05, 0) is 24.3 Å². The summed E-state index contributed by atoms with van der Waals surface area (Å²) in [6, 6.07) is 11.3. The Balaban J connectivity index is 2.17. The average Bonchev–Trinajstić information content (AvgIpc) is 2.71. The molecule has 27 heavy (non-hydrogen) atoms. The summed E-state index contributed by atoms with van der Waals surface area (Å²) in [5, 5.41) is 0. The summed E-state index contributed by atoms with van der Waals surface area (Å²) in [6.07, 6.45) is 25.7. The van der Waals surface area contributed by atoms with Gasteiger partial charge in [0.15, 0.2) is 0 Å². The summed E-state index contributed by atoms with van der Waals surface area (Å²) in [4.78, 5) is 0. The molecule has 0 heterocycles. The van der Waals surface area contributed by atoms with Crippen LogP contribution in [0.4, 0.5) is 0 Å². The molecule has 0 N–H and O–H groups in total. The topological polar surface area (TPSA) is 0 Å². The fourth-order valence-corrected chi connectivity index (χ4v) is 4.25. The number of benzene rings is 1. The Morgan fingerprint density at radius 3 is 1.26 bits per heavy atom. The van der Waals surface area contributed by atoms with Gasteiger partial charge >= 0.3 is 0 Å². The highest BCUT2D eigenvalue weighted by atomic mass is 14.2. The Morgan fingerprint density at radius 1 is 0.481 bits per heavy atom. The lowest BCUT2D eigenvalue weighted by atomic mass is 9.88. The van der Waals surface area contributed by atoms with Crippen LogP contribution >= 0.6 is 0 Å². The predicted molar refractivity (Wildman–Crippen MR) is 124 cm³/mol. The quantitative estimate of drug-likeness (QED) is 0.212. The van der Waals surface area contributed by atoms with Gasteiger partial charge in [-0.15, -0.1) is 0 Å². The smallest absolute Gasteiger partial charge is 0.0162 e. The molecule has 0 saturated heterocycles. The number of rotatable bonds is 19. The molecule has 0 unspecified atom stereocenters. The Hall–Kier alpha value is -0.780. The van der Waals surface area contributed by atoms with E-state index in [9.17, 15) is 0 Å². The molecule has 0 aliphatic heterocycles. The van der Waals surface area contributed by atoms with Crippen LogP contribution in [0.15, 0.2) is 30.3 Å². The molecule has 0 aromatic heterocycles. The zero-order chi connectivity index (χ0) is 19.4. The highest BCUT2D eigenvalue weighted by Gasteiger charge is 2.10. The highest BCUT2D eigenvalue weighted by molar-refractivity contribution is 5.19. The van der Waals surface area contributed by atoms with E-state index in [4.69, 9.17) is 0 Å². The van der Waals surface area contributed by atoms with Crippen molar-refractivity contribution in [3.63, 3.8) is 0 Å². The maximum Gasteiger partial charge on any atom is -0.0162 e. The predicted octanol–water partition coefficient (Wildman–Crippen LogP) is 9.83. The molecule has 156 valence electrons. The molecule has 0 aliphatic rings. The van der Waals surface area contributed by atoms with Crippen molar-refractivity contribution in [2.45, 2.75) is 135 Å². The summed E-state index contributed by atoms with van der Waals surface area (Å²) < 4.78 is 0. The van der Waals surface area contributed by atoms with Gasteiger partial charge < -0.3 is 0 Å². The second-order valence-electron chi connectivity index (χ2n) is 8.63. The molecule has 0 saturated carbocycles. The monoisotopic (exact) mass is 372 g/mol. The molecule has 0 heteroatoms. The van der Waals surface area contributed by atoms with Crippen molar-refractivity contribution in [3.05, 3.63) is 35.9 Å². The molecule has 1 aromatic rings. The van der Waals surface area contributed by atoms with E-state index < -0.39 is 0 Å². The van der Waals surface area contributed by atoms with Crippen LogP contribution in [0.2, 0.25) is 0 Å². The van der Waals surface area contributed by atoms with Crippen molar-refractivity contribution in [3.8, 4) is 0 Å². The minimum atomic E-state index is 0.798. The lowest BCUT2D eigenvalue weighted by molar-refractivity contribution is 0.482. The molecule has 0 fully saturated rings. The summed E-state index contributed by atoms with van der Waals surface area (Å²) in [5.74, 6) is 0.798. The fraction of sp³-hybridized carbons (Fsp3) is 0.778. The van der Waals surface area contributed by atoms with E-state index in [1.165, 1.54) is 116 Å². The molecule has 0 radical (unpaired) electrons. The number of unbranched alkanes of at least 4 members (excludes halogenated alkanes) is 14. The van der Waals surface area contributed by atoms with Crippen molar-refractivity contribution >= 4 is 0 Å². The number of hydrogen-bond donors (Lipinski definition) is 0. The van der Waals surface area contributed by atoms with E-state index >= 15 is 0 Å². The van der Waals surface area contributed by atoms with E-state index in [1.54, 1.807) is 5.56 Å². The first-order valence-corrected chi connectivity index (χ1v) is 12.4. The van der Waals surface area contributed by atoms with Crippen LogP contribution in [0, 0.1) is 0 Å². The summed E-state index contributed by atoms with van der Waals surface area (Å²) in [5.41, 5.74) is 1.59. The molecule has 0 bridgehead atoms. The first kappa shape index (κ1) is 24.3. The zero-order valence-electron chi connectivity index (χ0n) is 18.7. The van der Waals surface area contributed by atoms with Crippen LogP contribution in [0.3, 0.4) is 0 Å². The van der Waals surface area contributed by atoms with E-state index in [0.29, 0.717) is 0 Å². The van der Waals surface area contributed by atoms with Crippen LogP contribution in [0.1, 0.15) is 141 Å². The molecule has 1 aromatic carbocycles. The Morgan fingerprint density at radius 2 is 0.852 bits per heavy atom. The zero-order valence-corrected chi connectivity index (χ0v) is 18.7. The number of hydrogen-bond acceptors (Lipinski definition) is 0. The van der Waals surface area contributed by atoms with E-state index in [-0.39, 0.29) is 0 Å². The van der Waals surface area contributed by atoms with Gasteiger partial charge in [-0.3, -0.25) is 0 Å². The highest BCUT2D eigenvalue weighted by Crippen LogP contribution is 2.28. The first-order valence-electron chi connectivity index (χ1n) is 12.4. The fourth-order valence-electron chi connectivity index (χ4n) is 4.25. The Labute approximate surface area is 171 Å². The second-order valence-corrected chi connectivity index (χ2v) is 8.63. The Bertz CT molecular complexity index is 374. The third kappa shape index (κ3) is 14.0. The molecular weight excluding hydrogens is 324 g/mol. The third-order valence-electron chi connectivity index (χ3n) is 6.08. The first-order chi connectivity index (χ1) is 13.4. The minimum Gasteiger partial charge on any atom is -0.0654 e. The second kappa shape index (κ2) is 18.6. The lowest BCUT2D eigenvalue weighted by Crippen LogP contribution is -1.99. The van der Waals surface area contributed by atoms with Gasteiger partial charge in [-0.25, -0.2) is 0 Å². The normalized spacial score (nSPS) is 11.4. The maximum absolute atomic E-state index is 2.36. The molecule has 0 atom stereocenters. The van der Waals surface area contributed by atoms with E-state index in [2.05, 4.69) is 44.2 Å². The van der Waals surface area contributed by atoms with Crippen molar-refractivity contribution in [2.75, 3.05) is 0 Å². The van der Waals surface area contributed by atoms with Gasteiger partial charge in [0.1, 0.15) is 0 Å². The van der Waals surface area contributed by atoms with Crippen LogP contribution in [0.5, 0.6) is 0 Å². The van der Waals surface area contributed by atoms with Gasteiger partial charge in [-0.2, -0.15) is 0 Å². The van der Waals surface area contributed by atoms with Crippen LogP contribution < -0.4 is 0 Å². The van der Waals surface area contributed by atoms with Gasteiger partial charge in [0.05, 0.1) is 0 Å². The minimum absolute atomic E-state index is 0.798. The third-order valence-corrected chi connectivity index (χ3v) is 6.08. The van der Waals surface area contributed by atoms with Crippen LogP contribution in [-0.4, -0.2) is 0 Å². The van der Waals surface area contributed by atoms with Crippen molar-refractivity contribution < 1.29 is 0 Å². The molecule has 0 amide bonds. The average molecular weight is 373 g/mol. The van der Waals surface area contributed by atoms with Gasteiger partial charge in [-0.1, -0.05) is 147 Å².